The summed E-state index contributed by atoms with van der Waals surface area (Å²) in [5.74, 6) is 0.251. The van der Waals surface area contributed by atoms with Gasteiger partial charge in [-0.25, -0.2) is 4.98 Å². The van der Waals surface area contributed by atoms with Crippen LogP contribution in [0.5, 0.6) is 0 Å². The third kappa shape index (κ3) is 3.41. The molecule has 7 heteroatoms. The van der Waals surface area contributed by atoms with E-state index in [-0.39, 0.29) is 5.92 Å². The maximum Gasteiger partial charge on any atom is 0.253 e. The second-order valence-electron chi connectivity index (χ2n) is 3.90. The Hall–Kier alpha value is -1.14. The second-order valence-corrected chi connectivity index (χ2v) is 5.60. The largest absolute Gasteiger partial charge is 0.383 e. The van der Waals surface area contributed by atoms with Crippen molar-refractivity contribution in [2.24, 2.45) is 5.92 Å². The molecule has 0 spiro atoms. The molecule has 2 heterocycles. The smallest absolute Gasteiger partial charge is 0.253 e. The van der Waals surface area contributed by atoms with Gasteiger partial charge >= 0.3 is 0 Å². The highest BCUT2D eigenvalue weighted by molar-refractivity contribution is 7.15. The van der Waals surface area contributed by atoms with Gasteiger partial charge in [0.15, 0.2) is 4.47 Å². The van der Waals surface area contributed by atoms with Crippen LogP contribution in [0.3, 0.4) is 0 Å². The maximum absolute atomic E-state index is 10.4. The van der Waals surface area contributed by atoms with Gasteiger partial charge in [0.05, 0.1) is 10.6 Å². The zero-order valence-corrected chi connectivity index (χ0v) is 10.6. The Bertz CT molecular complexity index is 447. The van der Waals surface area contributed by atoms with Crippen molar-refractivity contribution in [1.29, 1.82) is 0 Å². The van der Waals surface area contributed by atoms with Crippen LogP contribution in [-0.4, -0.2) is 16.5 Å². The van der Waals surface area contributed by atoms with E-state index in [0.29, 0.717) is 4.47 Å². The number of hydrogen-bond donors (Lipinski definition) is 1. The maximum atomic E-state index is 10.4. The van der Waals surface area contributed by atoms with Crippen molar-refractivity contribution in [1.82, 2.24) is 10.3 Å². The minimum absolute atomic E-state index is 0.251. The number of halogens is 1. The van der Waals surface area contributed by atoms with E-state index < -0.39 is 4.92 Å². The molecule has 0 aromatic carbocycles. The van der Waals surface area contributed by atoms with Crippen LogP contribution in [0.25, 0.3) is 0 Å². The summed E-state index contributed by atoms with van der Waals surface area (Å²) < 4.78 is 0.547. The molecule has 1 aliphatic heterocycles. The summed E-state index contributed by atoms with van der Waals surface area (Å²) in [6.07, 6.45) is 5.56. The Labute approximate surface area is 108 Å². The molecule has 0 aliphatic carbocycles. The summed E-state index contributed by atoms with van der Waals surface area (Å²) in [4.78, 5) is 15.1. The van der Waals surface area contributed by atoms with Crippen LogP contribution in [0.15, 0.2) is 18.1 Å². The number of nitro groups is 1. The summed E-state index contributed by atoms with van der Waals surface area (Å²) >= 11 is 7.21. The van der Waals surface area contributed by atoms with Gasteiger partial charge in [0.2, 0.25) is 0 Å². The van der Waals surface area contributed by atoms with Gasteiger partial charge in [0.1, 0.15) is 0 Å². The van der Waals surface area contributed by atoms with Gasteiger partial charge in [0.25, 0.3) is 6.20 Å². The fraction of sp³-hybridized carbons (Fsp3) is 0.500. The van der Waals surface area contributed by atoms with Gasteiger partial charge in [-0.05, 0) is 19.3 Å². The van der Waals surface area contributed by atoms with Crippen LogP contribution < -0.4 is 5.32 Å². The number of nitrogens with one attached hydrogen (secondary N) is 1. The summed E-state index contributed by atoms with van der Waals surface area (Å²) in [6.45, 7) is 0.813. The van der Waals surface area contributed by atoms with Gasteiger partial charge in [0, 0.05) is 23.5 Å². The molecule has 17 heavy (non-hydrogen) atoms. The molecule has 0 radical (unpaired) electrons. The Kier molecular flexibility index (Phi) is 3.96. The minimum Gasteiger partial charge on any atom is -0.383 e. The fourth-order valence-corrected chi connectivity index (χ4v) is 2.96. The van der Waals surface area contributed by atoms with E-state index in [1.807, 2.05) is 0 Å². The molecule has 1 aromatic rings. The molecule has 1 N–H and O–H groups in total. The Balaban J connectivity index is 1.92. The fourth-order valence-electron chi connectivity index (χ4n) is 1.97. The van der Waals surface area contributed by atoms with Crippen molar-refractivity contribution in [3.63, 3.8) is 0 Å². The van der Waals surface area contributed by atoms with E-state index >= 15 is 0 Å². The lowest BCUT2D eigenvalue weighted by Crippen LogP contribution is -2.09. The first kappa shape index (κ1) is 12.3. The van der Waals surface area contributed by atoms with E-state index in [1.54, 1.807) is 6.20 Å². The topological polar surface area (TPSA) is 68.1 Å². The molecule has 1 aromatic heterocycles. The molecule has 1 unspecified atom stereocenters. The molecule has 0 saturated carbocycles. The first-order valence-electron chi connectivity index (χ1n) is 5.34. The van der Waals surface area contributed by atoms with E-state index in [1.165, 1.54) is 11.3 Å². The molecule has 0 bridgehead atoms. The second kappa shape index (κ2) is 5.46. The van der Waals surface area contributed by atoms with Crippen molar-refractivity contribution < 1.29 is 4.92 Å². The molecule has 0 amide bonds. The van der Waals surface area contributed by atoms with Crippen molar-refractivity contribution in [2.75, 3.05) is 6.54 Å². The standard InChI is InChI=1S/C10H12ClN3O2S/c11-10-13-5-8(17-10)2-1-7-3-4-12-9(7)6-14(15)16/h5-7,12H,1-4H2. The van der Waals surface area contributed by atoms with Gasteiger partial charge in [-0.3, -0.25) is 10.1 Å². The van der Waals surface area contributed by atoms with E-state index in [4.69, 9.17) is 11.6 Å². The molecule has 1 atom stereocenters. The summed E-state index contributed by atoms with van der Waals surface area (Å²) in [6, 6.07) is 0. The molecule has 2 rings (SSSR count). The van der Waals surface area contributed by atoms with Crippen molar-refractivity contribution in [2.45, 2.75) is 19.3 Å². The first-order chi connectivity index (χ1) is 8.15. The lowest BCUT2D eigenvalue weighted by atomic mass is 9.99. The van der Waals surface area contributed by atoms with Gasteiger partial charge in [-0.1, -0.05) is 11.6 Å². The quantitative estimate of drug-likeness (QED) is 0.676. The van der Waals surface area contributed by atoms with Crippen molar-refractivity contribution >= 4 is 22.9 Å². The Morgan fingerprint density at radius 3 is 3.24 bits per heavy atom. The number of aryl methyl sites for hydroxylation is 1. The third-order valence-corrected chi connectivity index (χ3v) is 3.95. The predicted molar refractivity (Wildman–Crippen MR) is 66.6 cm³/mol. The number of aromatic nitrogens is 1. The van der Waals surface area contributed by atoms with Crippen molar-refractivity contribution in [3.8, 4) is 0 Å². The lowest BCUT2D eigenvalue weighted by molar-refractivity contribution is -0.404. The van der Waals surface area contributed by atoms with Crippen molar-refractivity contribution in [3.05, 3.63) is 37.6 Å². The molecule has 5 nitrogen and oxygen atoms in total. The number of allylic oxidation sites excluding steroid dienone is 1. The lowest BCUT2D eigenvalue weighted by Gasteiger charge is -2.07. The number of thiazole rings is 1. The average Bonchev–Trinajstić information content (AvgIpc) is 2.84. The summed E-state index contributed by atoms with van der Waals surface area (Å²) in [7, 11) is 0. The molecule has 92 valence electrons. The number of nitrogens with zero attached hydrogens (tertiary/aromatic N) is 2. The highest BCUT2D eigenvalue weighted by Crippen LogP contribution is 2.26. The van der Waals surface area contributed by atoms with Crippen LogP contribution in [-0.2, 0) is 6.42 Å². The van der Waals surface area contributed by atoms with Gasteiger partial charge < -0.3 is 5.32 Å². The molecule has 1 fully saturated rings. The molecule has 1 saturated heterocycles. The van der Waals surface area contributed by atoms with Gasteiger partial charge in [-0.15, -0.1) is 11.3 Å². The number of hydrogen-bond acceptors (Lipinski definition) is 5. The average molecular weight is 274 g/mol. The number of rotatable bonds is 4. The summed E-state index contributed by atoms with van der Waals surface area (Å²) in [5, 5.41) is 13.5. The zero-order chi connectivity index (χ0) is 12.3. The minimum atomic E-state index is -0.399. The predicted octanol–water partition coefficient (Wildman–Crippen LogP) is 2.46. The summed E-state index contributed by atoms with van der Waals surface area (Å²) in [5.41, 5.74) is 0.741. The molecular weight excluding hydrogens is 262 g/mol. The van der Waals surface area contributed by atoms with Crippen LogP contribution in [0.1, 0.15) is 17.7 Å². The van der Waals surface area contributed by atoms with E-state index in [9.17, 15) is 10.1 Å². The highest BCUT2D eigenvalue weighted by atomic mass is 35.5. The monoisotopic (exact) mass is 273 g/mol. The first-order valence-corrected chi connectivity index (χ1v) is 6.54. The van der Waals surface area contributed by atoms with E-state index in [2.05, 4.69) is 10.3 Å². The zero-order valence-electron chi connectivity index (χ0n) is 9.06. The normalized spacial score (nSPS) is 21.7. The third-order valence-electron chi connectivity index (χ3n) is 2.77. The van der Waals surface area contributed by atoms with Crippen LogP contribution >= 0.6 is 22.9 Å². The van der Waals surface area contributed by atoms with Crippen LogP contribution in [0, 0.1) is 16.0 Å². The van der Waals surface area contributed by atoms with Gasteiger partial charge in [-0.2, -0.15) is 0 Å². The Morgan fingerprint density at radius 2 is 2.59 bits per heavy atom. The highest BCUT2D eigenvalue weighted by Gasteiger charge is 2.23. The molecular formula is C10H12ClN3O2S. The Morgan fingerprint density at radius 1 is 1.76 bits per heavy atom. The van der Waals surface area contributed by atoms with Crippen LogP contribution in [0.2, 0.25) is 4.47 Å². The van der Waals surface area contributed by atoms with E-state index in [0.717, 1.165) is 42.6 Å². The molecule has 1 aliphatic rings. The SMILES string of the molecule is O=[N+]([O-])C=C1NCCC1CCc1cnc(Cl)s1. The van der Waals surface area contributed by atoms with Crippen LogP contribution in [0.4, 0.5) is 0 Å².